The van der Waals surface area contributed by atoms with Crippen molar-refractivity contribution in [3.63, 3.8) is 0 Å². The van der Waals surface area contributed by atoms with Gasteiger partial charge in [-0.1, -0.05) is 35.9 Å². The molecule has 0 saturated heterocycles. The van der Waals surface area contributed by atoms with E-state index in [1.165, 1.54) is 29.2 Å². The van der Waals surface area contributed by atoms with E-state index >= 15 is 0 Å². The lowest BCUT2D eigenvalue weighted by Gasteiger charge is -2.08. The van der Waals surface area contributed by atoms with Crippen molar-refractivity contribution in [2.75, 3.05) is 6.54 Å². The molecule has 2 heterocycles. The van der Waals surface area contributed by atoms with Crippen LogP contribution in [0.1, 0.15) is 11.1 Å². The van der Waals surface area contributed by atoms with Gasteiger partial charge in [0.2, 0.25) is 5.91 Å². The van der Waals surface area contributed by atoms with Crippen LogP contribution in [0.15, 0.2) is 65.8 Å². The molecule has 0 saturated carbocycles. The van der Waals surface area contributed by atoms with E-state index in [0.717, 1.165) is 11.1 Å². The number of amides is 1. The molecule has 9 heteroatoms. The van der Waals surface area contributed by atoms with Crippen molar-refractivity contribution in [1.82, 2.24) is 24.6 Å². The number of carbonyl (C=O) groups is 1. The zero-order valence-electron chi connectivity index (χ0n) is 16.5. The first-order valence-electron chi connectivity index (χ1n) is 9.66. The summed E-state index contributed by atoms with van der Waals surface area (Å²) in [7, 11) is 0. The normalized spacial score (nSPS) is 11.0. The van der Waals surface area contributed by atoms with E-state index in [9.17, 15) is 14.0 Å². The Hall–Kier alpha value is -3.52. The van der Waals surface area contributed by atoms with Gasteiger partial charge in [-0.25, -0.2) is 14.1 Å². The van der Waals surface area contributed by atoms with Crippen LogP contribution < -0.4 is 10.9 Å². The molecule has 0 aliphatic rings. The smallest absolute Gasteiger partial charge is 0.264 e. The molecule has 0 aliphatic heterocycles. The molecule has 2 aromatic carbocycles. The second kappa shape index (κ2) is 9.09. The fraction of sp³-hybridized carbons (Fsp3) is 0.182. The summed E-state index contributed by atoms with van der Waals surface area (Å²) in [6, 6.07) is 13.1. The SMILES string of the molecule is O=C(Cc1ccc(F)cc1)NCCn1ncc2c(=O)n(Cc3ccc(Cl)cc3)cnc21. The van der Waals surface area contributed by atoms with Crippen molar-refractivity contribution in [2.24, 2.45) is 0 Å². The summed E-state index contributed by atoms with van der Waals surface area (Å²) in [5.74, 6) is -0.518. The lowest BCUT2D eigenvalue weighted by molar-refractivity contribution is -0.120. The average Bonchev–Trinajstić information content (AvgIpc) is 3.17. The van der Waals surface area contributed by atoms with E-state index in [2.05, 4.69) is 15.4 Å². The Morgan fingerprint density at radius 1 is 1.06 bits per heavy atom. The van der Waals surface area contributed by atoms with Crippen molar-refractivity contribution in [1.29, 1.82) is 0 Å². The van der Waals surface area contributed by atoms with Gasteiger partial charge in [0.05, 0.1) is 25.7 Å². The first-order chi connectivity index (χ1) is 15.0. The maximum Gasteiger partial charge on any atom is 0.264 e. The van der Waals surface area contributed by atoms with Gasteiger partial charge in [-0.05, 0) is 35.4 Å². The van der Waals surface area contributed by atoms with Gasteiger partial charge in [0.1, 0.15) is 17.5 Å². The number of rotatable bonds is 7. The highest BCUT2D eigenvalue weighted by Gasteiger charge is 2.11. The number of nitrogens with one attached hydrogen (secondary N) is 1. The molecular formula is C22H19ClFN5O2. The van der Waals surface area contributed by atoms with Gasteiger partial charge in [-0.3, -0.25) is 14.2 Å². The number of carbonyl (C=O) groups excluding carboxylic acids is 1. The minimum atomic E-state index is -0.338. The van der Waals surface area contributed by atoms with Gasteiger partial charge in [0.25, 0.3) is 5.56 Å². The van der Waals surface area contributed by atoms with E-state index in [4.69, 9.17) is 11.6 Å². The Morgan fingerprint density at radius 3 is 2.52 bits per heavy atom. The second-order valence-corrected chi connectivity index (χ2v) is 7.50. The van der Waals surface area contributed by atoms with Gasteiger partial charge in [0, 0.05) is 11.6 Å². The molecule has 4 rings (SSSR count). The fourth-order valence-corrected chi connectivity index (χ4v) is 3.34. The fourth-order valence-electron chi connectivity index (χ4n) is 3.21. The van der Waals surface area contributed by atoms with Crippen molar-refractivity contribution in [3.8, 4) is 0 Å². The molecule has 0 bridgehead atoms. The Kier molecular flexibility index (Phi) is 6.08. The van der Waals surface area contributed by atoms with Gasteiger partial charge in [-0.15, -0.1) is 0 Å². The molecule has 0 unspecified atom stereocenters. The second-order valence-electron chi connectivity index (χ2n) is 7.06. The van der Waals surface area contributed by atoms with Crippen LogP contribution in [0.5, 0.6) is 0 Å². The van der Waals surface area contributed by atoms with Crippen molar-refractivity contribution in [2.45, 2.75) is 19.5 Å². The highest BCUT2D eigenvalue weighted by molar-refractivity contribution is 6.30. The van der Waals surface area contributed by atoms with Gasteiger partial charge in [-0.2, -0.15) is 5.10 Å². The van der Waals surface area contributed by atoms with Gasteiger partial charge in [0.15, 0.2) is 5.65 Å². The molecule has 0 aliphatic carbocycles. The van der Waals surface area contributed by atoms with E-state index in [1.807, 2.05) is 12.1 Å². The summed E-state index contributed by atoms with van der Waals surface area (Å²) in [4.78, 5) is 29.2. The third-order valence-corrected chi connectivity index (χ3v) is 5.06. The number of hydrogen-bond donors (Lipinski definition) is 1. The zero-order valence-corrected chi connectivity index (χ0v) is 17.2. The maximum atomic E-state index is 12.9. The molecule has 1 N–H and O–H groups in total. The van der Waals surface area contributed by atoms with Crippen LogP contribution in [-0.4, -0.2) is 31.8 Å². The molecular weight excluding hydrogens is 421 g/mol. The molecule has 158 valence electrons. The van der Waals surface area contributed by atoms with Gasteiger partial charge >= 0.3 is 0 Å². The number of benzene rings is 2. The summed E-state index contributed by atoms with van der Waals surface area (Å²) < 4.78 is 16.0. The highest BCUT2D eigenvalue weighted by atomic mass is 35.5. The molecule has 31 heavy (non-hydrogen) atoms. The van der Waals surface area contributed by atoms with E-state index in [-0.39, 0.29) is 23.7 Å². The Balaban J connectivity index is 1.39. The van der Waals surface area contributed by atoms with Crippen LogP contribution in [0, 0.1) is 5.82 Å². The van der Waals surface area contributed by atoms with Crippen molar-refractivity contribution >= 4 is 28.5 Å². The summed E-state index contributed by atoms with van der Waals surface area (Å²) in [5.41, 5.74) is 1.94. The Morgan fingerprint density at radius 2 is 1.77 bits per heavy atom. The van der Waals surface area contributed by atoms with Crippen LogP contribution in [0.2, 0.25) is 5.02 Å². The van der Waals surface area contributed by atoms with Gasteiger partial charge < -0.3 is 5.32 Å². The van der Waals surface area contributed by atoms with Crippen LogP contribution in [-0.2, 0) is 24.3 Å². The van der Waals surface area contributed by atoms with Crippen LogP contribution in [0.4, 0.5) is 4.39 Å². The molecule has 0 fully saturated rings. The summed E-state index contributed by atoms with van der Waals surface area (Å²) in [6.45, 7) is 1.07. The Bertz CT molecular complexity index is 1270. The van der Waals surface area contributed by atoms with Crippen LogP contribution in [0.3, 0.4) is 0 Å². The Labute approximate surface area is 182 Å². The number of fused-ring (bicyclic) bond motifs is 1. The predicted molar refractivity (Wildman–Crippen MR) is 115 cm³/mol. The third-order valence-electron chi connectivity index (χ3n) is 4.81. The lowest BCUT2D eigenvalue weighted by atomic mass is 10.1. The molecule has 2 aromatic heterocycles. The number of nitrogens with zero attached hydrogens (tertiary/aromatic N) is 4. The molecule has 4 aromatic rings. The summed E-state index contributed by atoms with van der Waals surface area (Å²) >= 11 is 5.90. The molecule has 0 radical (unpaired) electrons. The topological polar surface area (TPSA) is 81.8 Å². The molecule has 0 atom stereocenters. The first-order valence-corrected chi connectivity index (χ1v) is 10.0. The predicted octanol–water partition coefficient (Wildman–Crippen LogP) is 2.79. The van der Waals surface area contributed by atoms with E-state index in [1.54, 1.807) is 28.9 Å². The van der Waals surface area contributed by atoms with Crippen LogP contribution >= 0.6 is 11.6 Å². The lowest BCUT2D eigenvalue weighted by Crippen LogP contribution is -2.29. The number of aromatic nitrogens is 4. The zero-order chi connectivity index (χ0) is 21.8. The maximum absolute atomic E-state index is 12.9. The first kappa shape index (κ1) is 20.7. The van der Waals surface area contributed by atoms with Crippen molar-refractivity contribution in [3.05, 3.63) is 93.4 Å². The molecule has 1 amide bonds. The molecule has 0 spiro atoms. The van der Waals surface area contributed by atoms with Crippen molar-refractivity contribution < 1.29 is 9.18 Å². The quantitative estimate of drug-likeness (QED) is 0.480. The minimum absolute atomic E-state index is 0.161. The van der Waals surface area contributed by atoms with E-state index in [0.29, 0.717) is 35.7 Å². The standard InChI is InChI=1S/C22H19ClFN5O2/c23-17-5-1-16(2-6-17)13-28-14-26-21-19(22(28)31)12-27-29(21)10-9-25-20(30)11-15-3-7-18(24)8-4-15/h1-8,12,14H,9-11,13H2,(H,25,30). The number of halogens is 2. The average molecular weight is 440 g/mol. The molecule has 7 nitrogen and oxygen atoms in total. The highest BCUT2D eigenvalue weighted by Crippen LogP contribution is 2.11. The summed E-state index contributed by atoms with van der Waals surface area (Å²) in [6.07, 6.45) is 3.14. The van der Waals surface area contributed by atoms with Crippen LogP contribution in [0.25, 0.3) is 11.0 Å². The third kappa shape index (κ3) is 4.97. The summed E-state index contributed by atoms with van der Waals surface area (Å²) in [5, 5.41) is 8.08. The van der Waals surface area contributed by atoms with E-state index < -0.39 is 0 Å². The largest absolute Gasteiger partial charge is 0.354 e. The monoisotopic (exact) mass is 439 g/mol. The minimum Gasteiger partial charge on any atom is -0.354 e. The number of hydrogen-bond acceptors (Lipinski definition) is 4.